The molecule has 2 aromatic heterocycles. The molecule has 0 aliphatic carbocycles. The Morgan fingerprint density at radius 3 is 2.46 bits per heavy atom. The van der Waals surface area contributed by atoms with Crippen molar-refractivity contribution < 1.29 is 9.78 Å². The number of rotatable bonds is 4. The minimum absolute atomic E-state index is 0.0605. The molecule has 0 radical (unpaired) electrons. The lowest BCUT2D eigenvalue weighted by Crippen LogP contribution is -2.48. The Kier molecular flexibility index (Phi) is 4.64. The summed E-state index contributed by atoms with van der Waals surface area (Å²) in [6.45, 7) is 3.80. The number of nitrogens with one attached hydrogen (secondary N) is 1. The molecule has 0 bridgehead atoms. The fourth-order valence-electron chi connectivity index (χ4n) is 3.27. The van der Waals surface area contributed by atoms with Crippen LogP contribution >= 0.6 is 0 Å². The average Bonchev–Trinajstić information content (AvgIpc) is 3.17. The molecule has 1 aromatic carbocycles. The van der Waals surface area contributed by atoms with Crippen molar-refractivity contribution in [1.29, 1.82) is 0 Å². The van der Waals surface area contributed by atoms with Gasteiger partial charge in [0.25, 0.3) is 5.91 Å². The van der Waals surface area contributed by atoms with E-state index in [1.54, 1.807) is 6.20 Å². The van der Waals surface area contributed by atoms with Crippen molar-refractivity contribution in [2.24, 2.45) is 0 Å². The quantitative estimate of drug-likeness (QED) is 0.721. The Bertz CT molecular complexity index is 854. The van der Waals surface area contributed by atoms with Gasteiger partial charge in [-0.3, -0.25) is 9.48 Å². The minimum Gasteiger partial charge on any atom is -0.368 e. The molecule has 1 saturated heterocycles. The number of carbonyl (C=O) groups is 1. The fourth-order valence-corrected chi connectivity index (χ4v) is 3.27. The van der Waals surface area contributed by atoms with Crippen LogP contribution < -0.4 is 9.88 Å². The van der Waals surface area contributed by atoms with Crippen molar-refractivity contribution in [3.8, 4) is 0 Å². The highest BCUT2D eigenvalue weighted by atomic mass is 16.2. The standard InChI is InChI=1S/C20H21N5O/c26-20(18-14-22-25(16-18)15-17-4-2-1-3-5-17)24-12-10-23(11-13-24)19-6-8-21-9-7-19/h1-9,14,16H,10-13,15H2/p+1. The predicted molar refractivity (Wildman–Crippen MR) is 98.9 cm³/mol. The third-order valence-corrected chi connectivity index (χ3v) is 4.70. The van der Waals surface area contributed by atoms with Crippen LogP contribution in [0.1, 0.15) is 15.9 Å². The Balaban J connectivity index is 1.37. The van der Waals surface area contributed by atoms with Gasteiger partial charge in [0.05, 0.1) is 18.3 Å². The minimum atomic E-state index is 0.0605. The van der Waals surface area contributed by atoms with Gasteiger partial charge in [0.15, 0.2) is 12.4 Å². The zero-order valence-electron chi connectivity index (χ0n) is 14.6. The molecule has 1 N–H and O–H groups in total. The monoisotopic (exact) mass is 348 g/mol. The largest absolute Gasteiger partial charge is 0.368 e. The van der Waals surface area contributed by atoms with E-state index >= 15 is 0 Å². The SMILES string of the molecule is O=C(c1cnn(Cc2ccccc2)c1)N1CCN(c2cc[nH+]cc2)CC1. The maximum atomic E-state index is 12.8. The zero-order valence-corrected chi connectivity index (χ0v) is 14.6. The Hall–Kier alpha value is -3.15. The lowest BCUT2D eigenvalue weighted by Gasteiger charge is -2.35. The second-order valence-electron chi connectivity index (χ2n) is 6.45. The molecule has 1 amide bonds. The van der Waals surface area contributed by atoms with E-state index in [-0.39, 0.29) is 5.91 Å². The molecule has 0 unspecified atom stereocenters. The molecule has 4 rings (SSSR count). The summed E-state index contributed by atoms with van der Waals surface area (Å²) in [4.78, 5) is 20.0. The molecular formula is C20H22N5O+. The van der Waals surface area contributed by atoms with E-state index in [0.717, 1.165) is 26.2 Å². The third-order valence-electron chi connectivity index (χ3n) is 4.70. The molecule has 0 saturated carbocycles. The second kappa shape index (κ2) is 7.39. The van der Waals surface area contributed by atoms with Gasteiger partial charge in [-0.15, -0.1) is 0 Å². The number of aromatic amines is 1. The van der Waals surface area contributed by atoms with Crippen LogP contribution in [-0.2, 0) is 6.54 Å². The highest BCUT2D eigenvalue weighted by Gasteiger charge is 2.23. The van der Waals surface area contributed by atoms with Gasteiger partial charge in [-0.1, -0.05) is 30.3 Å². The van der Waals surface area contributed by atoms with Crippen LogP contribution in [0.25, 0.3) is 0 Å². The molecule has 3 aromatic rings. The fraction of sp³-hybridized carbons (Fsp3) is 0.250. The molecule has 6 nitrogen and oxygen atoms in total. The van der Waals surface area contributed by atoms with Crippen LogP contribution in [0.5, 0.6) is 0 Å². The van der Waals surface area contributed by atoms with Gasteiger partial charge in [-0.05, 0) is 5.56 Å². The van der Waals surface area contributed by atoms with Gasteiger partial charge in [0.2, 0.25) is 0 Å². The summed E-state index contributed by atoms with van der Waals surface area (Å²) in [7, 11) is 0. The number of aromatic nitrogens is 3. The number of nitrogens with zero attached hydrogens (tertiary/aromatic N) is 4. The van der Waals surface area contributed by atoms with Crippen LogP contribution in [-0.4, -0.2) is 46.8 Å². The summed E-state index contributed by atoms with van der Waals surface area (Å²) in [5, 5.41) is 4.35. The number of hydrogen-bond donors (Lipinski definition) is 0. The lowest BCUT2D eigenvalue weighted by atomic mass is 10.2. The van der Waals surface area contributed by atoms with Crippen LogP contribution in [0, 0.1) is 0 Å². The van der Waals surface area contributed by atoms with E-state index < -0.39 is 0 Å². The number of carbonyl (C=O) groups excluding carboxylic acids is 1. The summed E-state index contributed by atoms with van der Waals surface area (Å²) < 4.78 is 1.82. The Morgan fingerprint density at radius 1 is 1.00 bits per heavy atom. The van der Waals surface area contributed by atoms with Crippen LogP contribution in [0.3, 0.4) is 0 Å². The maximum absolute atomic E-state index is 12.8. The van der Waals surface area contributed by atoms with Gasteiger partial charge in [0, 0.05) is 50.2 Å². The normalized spacial score (nSPS) is 14.5. The predicted octanol–water partition coefficient (Wildman–Crippen LogP) is 1.71. The summed E-state index contributed by atoms with van der Waals surface area (Å²) in [6, 6.07) is 14.3. The van der Waals surface area contributed by atoms with Crippen molar-refractivity contribution in [3.05, 3.63) is 78.4 Å². The van der Waals surface area contributed by atoms with E-state index in [2.05, 4.69) is 39.2 Å². The highest BCUT2D eigenvalue weighted by Crippen LogP contribution is 2.15. The smallest absolute Gasteiger partial charge is 0.257 e. The molecule has 6 heteroatoms. The van der Waals surface area contributed by atoms with E-state index in [1.165, 1.54) is 11.3 Å². The van der Waals surface area contributed by atoms with Crippen LogP contribution in [0.4, 0.5) is 5.69 Å². The number of pyridine rings is 1. The second-order valence-corrected chi connectivity index (χ2v) is 6.45. The van der Waals surface area contributed by atoms with Gasteiger partial charge in [-0.25, -0.2) is 4.98 Å². The van der Waals surface area contributed by atoms with Crippen molar-refractivity contribution in [1.82, 2.24) is 14.7 Å². The first-order chi connectivity index (χ1) is 12.8. The molecule has 1 fully saturated rings. The molecule has 3 heterocycles. The number of amides is 1. The van der Waals surface area contributed by atoms with Gasteiger partial charge in [-0.2, -0.15) is 5.10 Å². The molecule has 132 valence electrons. The maximum Gasteiger partial charge on any atom is 0.257 e. The third kappa shape index (κ3) is 3.59. The first-order valence-electron chi connectivity index (χ1n) is 8.86. The first kappa shape index (κ1) is 16.3. The summed E-state index contributed by atoms with van der Waals surface area (Å²) in [5.41, 5.74) is 3.01. The van der Waals surface area contributed by atoms with E-state index in [9.17, 15) is 4.79 Å². The van der Waals surface area contributed by atoms with Crippen LogP contribution in [0.15, 0.2) is 67.3 Å². The number of H-pyrrole nitrogens is 1. The number of benzene rings is 1. The van der Waals surface area contributed by atoms with E-state index in [0.29, 0.717) is 12.1 Å². The Morgan fingerprint density at radius 2 is 1.73 bits per heavy atom. The van der Waals surface area contributed by atoms with E-state index in [1.807, 2.05) is 46.4 Å². The van der Waals surface area contributed by atoms with Gasteiger partial charge >= 0.3 is 0 Å². The van der Waals surface area contributed by atoms with Crippen molar-refractivity contribution in [2.45, 2.75) is 6.54 Å². The molecule has 26 heavy (non-hydrogen) atoms. The van der Waals surface area contributed by atoms with Crippen molar-refractivity contribution in [3.63, 3.8) is 0 Å². The molecular weight excluding hydrogens is 326 g/mol. The zero-order chi connectivity index (χ0) is 17.8. The molecule has 1 aliphatic heterocycles. The van der Waals surface area contributed by atoms with Crippen molar-refractivity contribution in [2.75, 3.05) is 31.1 Å². The number of anilines is 1. The van der Waals surface area contributed by atoms with Gasteiger partial charge < -0.3 is 9.80 Å². The molecule has 1 aliphatic rings. The Labute approximate surface area is 152 Å². The van der Waals surface area contributed by atoms with E-state index in [4.69, 9.17) is 0 Å². The topological polar surface area (TPSA) is 55.5 Å². The summed E-state index contributed by atoms with van der Waals surface area (Å²) in [6.07, 6.45) is 7.36. The lowest BCUT2D eigenvalue weighted by molar-refractivity contribution is -0.377. The highest BCUT2D eigenvalue weighted by molar-refractivity contribution is 5.93. The molecule has 0 spiro atoms. The summed E-state index contributed by atoms with van der Waals surface area (Å²) in [5.74, 6) is 0.0605. The number of piperazine rings is 1. The molecule has 0 atom stereocenters. The van der Waals surface area contributed by atoms with Crippen LogP contribution in [0.2, 0.25) is 0 Å². The summed E-state index contributed by atoms with van der Waals surface area (Å²) >= 11 is 0. The van der Waals surface area contributed by atoms with Crippen molar-refractivity contribution >= 4 is 11.6 Å². The van der Waals surface area contributed by atoms with Gasteiger partial charge in [0.1, 0.15) is 0 Å². The number of hydrogen-bond acceptors (Lipinski definition) is 3. The average molecular weight is 348 g/mol. The first-order valence-corrected chi connectivity index (χ1v) is 8.86.